The van der Waals surface area contributed by atoms with Gasteiger partial charge in [-0.3, -0.25) is 0 Å². The molecule has 0 aliphatic carbocycles. The maximum absolute atomic E-state index is 5.85. The van der Waals surface area contributed by atoms with Crippen LogP contribution in [-0.2, 0) is 15.7 Å². The van der Waals surface area contributed by atoms with Crippen LogP contribution in [0.1, 0.15) is 52.5 Å². The number of hydrogen-bond donors (Lipinski definition) is 0. The van der Waals surface area contributed by atoms with Crippen molar-refractivity contribution in [1.29, 1.82) is 0 Å². The summed E-state index contributed by atoms with van der Waals surface area (Å²) >= 11 is 1.81. The van der Waals surface area contributed by atoms with E-state index < -0.39 is 0 Å². The van der Waals surface area contributed by atoms with E-state index in [-0.39, 0.29) is 18.3 Å². The Morgan fingerprint density at radius 2 is 1.61 bits per heavy atom. The summed E-state index contributed by atoms with van der Waals surface area (Å²) in [6.07, 6.45) is 13.9. The van der Waals surface area contributed by atoms with Crippen molar-refractivity contribution in [2.45, 2.75) is 71.1 Å². The van der Waals surface area contributed by atoms with Gasteiger partial charge in [0, 0.05) is 54.8 Å². The lowest BCUT2D eigenvalue weighted by Gasteiger charge is -2.32. The zero-order valence-electron chi connectivity index (χ0n) is 22.8. The second kappa shape index (κ2) is 11.1. The molecule has 4 aromatic rings. The van der Waals surface area contributed by atoms with Crippen molar-refractivity contribution in [2.24, 2.45) is 0 Å². The van der Waals surface area contributed by atoms with Crippen LogP contribution in [0.25, 0.3) is 21.3 Å². The van der Waals surface area contributed by atoms with Crippen LogP contribution in [0.4, 0.5) is 0 Å². The second-order valence-corrected chi connectivity index (χ2v) is 12.1. The molecule has 6 rings (SSSR count). The molecule has 38 heavy (non-hydrogen) atoms. The summed E-state index contributed by atoms with van der Waals surface area (Å²) in [5, 5.41) is 1.24. The molecule has 0 bridgehead atoms. The van der Waals surface area contributed by atoms with Gasteiger partial charge < -0.3 is 14.2 Å². The van der Waals surface area contributed by atoms with Crippen LogP contribution in [-0.4, -0.2) is 67.3 Å². The Kier molecular flexibility index (Phi) is 7.86. The summed E-state index contributed by atoms with van der Waals surface area (Å²) in [5.41, 5.74) is 3.54. The highest BCUT2D eigenvalue weighted by Crippen LogP contribution is 2.36. The normalized spacial score (nSPS) is 20.4. The fourth-order valence-electron chi connectivity index (χ4n) is 4.68. The van der Waals surface area contributed by atoms with Gasteiger partial charge in [-0.25, -0.2) is 24.9 Å². The molecule has 0 saturated carbocycles. The fraction of sp³-hybridized carbons (Fsp3) is 0.464. The highest BCUT2D eigenvalue weighted by molar-refractivity contribution is 7.18. The number of fused-ring (bicyclic) bond motifs is 1. The van der Waals surface area contributed by atoms with E-state index in [0.717, 1.165) is 41.1 Å². The minimum Gasteiger partial charge on any atom is -0.399 e. The van der Waals surface area contributed by atoms with Crippen molar-refractivity contribution in [1.82, 2.24) is 29.8 Å². The average molecular weight is 531 g/mol. The molecule has 5 heterocycles. The van der Waals surface area contributed by atoms with Crippen LogP contribution in [0, 0.1) is 0 Å². The third-order valence-corrected chi connectivity index (χ3v) is 8.81. The minimum atomic E-state index is -0.365. The molecular weight excluding hydrogens is 495 g/mol. The van der Waals surface area contributed by atoms with Crippen LogP contribution in [0.2, 0.25) is 0 Å². The lowest BCUT2D eigenvalue weighted by molar-refractivity contribution is 0.00578. The van der Waals surface area contributed by atoms with E-state index in [1.165, 1.54) is 35.4 Å². The molecule has 8 nitrogen and oxygen atoms in total. The Bertz CT molecular complexity index is 1340. The first-order valence-electron chi connectivity index (χ1n) is 13.2. The van der Waals surface area contributed by atoms with Crippen LogP contribution in [0.15, 0.2) is 55.6 Å². The molecule has 2 fully saturated rings. The Labute approximate surface area is 229 Å². The van der Waals surface area contributed by atoms with Gasteiger partial charge in [0.25, 0.3) is 0 Å². The predicted molar refractivity (Wildman–Crippen MR) is 152 cm³/mol. The second-order valence-electron chi connectivity index (χ2n) is 11.0. The Balaban J connectivity index is 0.000000170. The van der Waals surface area contributed by atoms with Crippen molar-refractivity contribution in [3.63, 3.8) is 0 Å². The van der Waals surface area contributed by atoms with E-state index in [9.17, 15) is 0 Å². The van der Waals surface area contributed by atoms with Gasteiger partial charge in [-0.05, 0) is 71.7 Å². The SMILES string of the molecule is CC1(C)OB(c2cncnc2)OC1(C)C.C[C@@H]1CCCN1CCc1nc2ccc(-c3cncnc3)cc2s1. The first-order chi connectivity index (χ1) is 18.2. The monoisotopic (exact) mass is 530 g/mol. The first-order valence-corrected chi connectivity index (χ1v) is 14.0. The lowest BCUT2D eigenvalue weighted by Crippen LogP contribution is -2.41. The summed E-state index contributed by atoms with van der Waals surface area (Å²) in [4.78, 5) is 23.5. The van der Waals surface area contributed by atoms with E-state index in [1.54, 1.807) is 18.7 Å². The van der Waals surface area contributed by atoms with E-state index >= 15 is 0 Å². The molecule has 3 aromatic heterocycles. The number of thiazole rings is 1. The molecule has 198 valence electrons. The van der Waals surface area contributed by atoms with Gasteiger partial charge in [0.05, 0.1) is 26.4 Å². The number of likely N-dealkylation sites (tertiary alicyclic amines) is 1. The van der Waals surface area contributed by atoms with Gasteiger partial charge in [0.1, 0.15) is 12.7 Å². The maximum atomic E-state index is 5.85. The van der Waals surface area contributed by atoms with Gasteiger partial charge in [-0.15, -0.1) is 11.3 Å². The standard InChI is InChI=1S/C18H20N4S.C10H15BN2O2/c1-13-3-2-7-22(13)8-6-18-21-16-5-4-14(9-17(16)23-18)15-10-19-12-20-11-15;1-9(2)10(3,4)15-11(14-9)8-5-12-7-13-6-8/h4-5,9-13H,2-3,6-8H2,1H3;5-7H,1-4H3/t13-;/m1./s1. The molecule has 0 N–H and O–H groups in total. The number of rotatable bonds is 5. The molecule has 2 saturated heterocycles. The van der Waals surface area contributed by atoms with Crippen molar-refractivity contribution < 1.29 is 9.31 Å². The molecule has 1 atom stereocenters. The van der Waals surface area contributed by atoms with E-state index in [1.807, 2.05) is 51.4 Å². The fourth-order valence-corrected chi connectivity index (χ4v) is 5.68. The van der Waals surface area contributed by atoms with Crippen molar-refractivity contribution in [2.75, 3.05) is 13.1 Å². The van der Waals surface area contributed by atoms with Crippen LogP contribution in [0.5, 0.6) is 0 Å². The smallest absolute Gasteiger partial charge is 0.399 e. The number of aromatic nitrogens is 5. The minimum absolute atomic E-state index is 0.312. The van der Waals surface area contributed by atoms with Gasteiger partial charge in [-0.2, -0.15) is 0 Å². The first kappa shape index (κ1) is 26.8. The Morgan fingerprint density at radius 3 is 2.24 bits per heavy atom. The largest absolute Gasteiger partial charge is 0.498 e. The highest BCUT2D eigenvalue weighted by Gasteiger charge is 2.51. The average Bonchev–Trinajstić information content (AvgIpc) is 3.58. The molecule has 0 amide bonds. The zero-order valence-corrected chi connectivity index (χ0v) is 23.6. The third kappa shape index (κ3) is 5.93. The molecule has 10 heteroatoms. The summed E-state index contributed by atoms with van der Waals surface area (Å²) in [5.74, 6) is 0. The predicted octanol–water partition coefficient (Wildman–Crippen LogP) is 4.56. The molecule has 2 aliphatic rings. The van der Waals surface area contributed by atoms with E-state index in [2.05, 4.69) is 50.0 Å². The van der Waals surface area contributed by atoms with Gasteiger partial charge >= 0.3 is 7.12 Å². The molecule has 1 aromatic carbocycles. The molecular formula is C28H35BN6O2S. The Morgan fingerprint density at radius 1 is 0.947 bits per heavy atom. The van der Waals surface area contributed by atoms with Crippen LogP contribution >= 0.6 is 11.3 Å². The molecule has 0 unspecified atom stereocenters. The van der Waals surface area contributed by atoms with Gasteiger partial charge in [0.15, 0.2) is 0 Å². The van der Waals surface area contributed by atoms with Crippen molar-refractivity contribution in [3.8, 4) is 11.1 Å². The molecule has 0 radical (unpaired) electrons. The van der Waals surface area contributed by atoms with Gasteiger partial charge in [-0.1, -0.05) is 6.07 Å². The highest BCUT2D eigenvalue weighted by atomic mass is 32.1. The number of hydrogen-bond acceptors (Lipinski definition) is 9. The summed E-state index contributed by atoms with van der Waals surface area (Å²) < 4.78 is 12.9. The third-order valence-electron chi connectivity index (χ3n) is 7.74. The lowest BCUT2D eigenvalue weighted by atomic mass is 9.81. The van der Waals surface area contributed by atoms with Crippen molar-refractivity contribution in [3.05, 3.63) is 60.6 Å². The number of benzene rings is 1. The molecule has 2 aliphatic heterocycles. The summed E-state index contributed by atoms with van der Waals surface area (Å²) in [6, 6.07) is 7.14. The zero-order chi connectivity index (χ0) is 26.8. The molecule has 0 spiro atoms. The van der Waals surface area contributed by atoms with Gasteiger partial charge in [0.2, 0.25) is 0 Å². The quantitative estimate of drug-likeness (QED) is 0.348. The Hall–Kier alpha value is -2.79. The van der Waals surface area contributed by atoms with Crippen LogP contribution < -0.4 is 5.46 Å². The van der Waals surface area contributed by atoms with Crippen molar-refractivity contribution >= 4 is 34.1 Å². The van der Waals surface area contributed by atoms with E-state index in [0.29, 0.717) is 0 Å². The maximum Gasteiger partial charge on any atom is 0.498 e. The van der Waals surface area contributed by atoms with E-state index in [4.69, 9.17) is 14.3 Å². The summed E-state index contributed by atoms with van der Waals surface area (Å²) in [7, 11) is -0.365. The topological polar surface area (TPSA) is 86.2 Å². The summed E-state index contributed by atoms with van der Waals surface area (Å²) in [6.45, 7) is 12.8. The number of nitrogens with zero attached hydrogens (tertiary/aromatic N) is 6. The van der Waals surface area contributed by atoms with Crippen LogP contribution in [0.3, 0.4) is 0 Å².